The predicted molar refractivity (Wildman–Crippen MR) is 131 cm³/mol. The number of unbranched alkanes of at least 4 members (excludes halogenated alkanes) is 1. The summed E-state index contributed by atoms with van der Waals surface area (Å²) < 4.78 is 19.8. The Bertz CT molecular complexity index is 1260. The number of aliphatic hydroxyl groups excluding tert-OH is 1. The Morgan fingerprint density at radius 2 is 1.89 bits per heavy atom. The van der Waals surface area contributed by atoms with Crippen molar-refractivity contribution in [3.63, 3.8) is 0 Å². The van der Waals surface area contributed by atoms with E-state index in [1.54, 1.807) is 19.2 Å². The quantitative estimate of drug-likeness (QED) is 0.316. The Balaban J connectivity index is 1.99. The Hall–Kier alpha value is -3.40. The summed E-state index contributed by atoms with van der Waals surface area (Å²) in [6, 6.07) is 5.25. The molecule has 0 saturated heterocycles. The Labute approximate surface area is 205 Å². The van der Waals surface area contributed by atoms with E-state index >= 15 is 0 Å². The van der Waals surface area contributed by atoms with Crippen LogP contribution in [0.4, 0.5) is 0 Å². The molecule has 10 nitrogen and oxygen atoms in total. The summed E-state index contributed by atoms with van der Waals surface area (Å²) in [6.07, 6.45) is 1.31. The minimum atomic E-state index is -0.307. The first-order valence-corrected chi connectivity index (χ1v) is 11.7. The third kappa shape index (κ3) is 5.82. The maximum absolute atomic E-state index is 13.4. The van der Waals surface area contributed by atoms with Gasteiger partial charge in [0.15, 0.2) is 22.9 Å². The molecule has 0 amide bonds. The number of ketones is 1. The SMILES string of the molecule is CCOc1cc(C)c2nn(CC(=O)c3cc(OCCCCO)c(OC)c(C(C)(C)C)c3)c(=N)n2n1. The number of ether oxygens (including phenoxy) is 3. The summed E-state index contributed by atoms with van der Waals surface area (Å²) in [7, 11) is 1.58. The maximum atomic E-state index is 13.4. The molecule has 190 valence electrons. The van der Waals surface area contributed by atoms with Crippen LogP contribution in [-0.2, 0) is 12.0 Å². The zero-order chi connectivity index (χ0) is 25.8. The van der Waals surface area contributed by atoms with Crippen molar-refractivity contribution in [2.75, 3.05) is 26.9 Å². The second kappa shape index (κ2) is 10.9. The number of aryl methyl sites for hydroxylation is 1. The second-order valence-electron chi connectivity index (χ2n) is 9.32. The first-order valence-electron chi connectivity index (χ1n) is 11.7. The van der Waals surface area contributed by atoms with Gasteiger partial charge in [0.1, 0.15) is 6.54 Å². The molecule has 0 radical (unpaired) electrons. The van der Waals surface area contributed by atoms with E-state index in [-0.39, 0.29) is 30.0 Å². The highest BCUT2D eigenvalue weighted by molar-refractivity contribution is 5.97. The van der Waals surface area contributed by atoms with E-state index in [2.05, 4.69) is 10.2 Å². The van der Waals surface area contributed by atoms with Crippen LogP contribution in [-0.4, -0.2) is 57.2 Å². The van der Waals surface area contributed by atoms with Gasteiger partial charge in [-0.05, 0) is 44.2 Å². The lowest BCUT2D eigenvalue weighted by molar-refractivity contribution is 0.0964. The van der Waals surface area contributed by atoms with E-state index in [0.29, 0.717) is 54.6 Å². The lowest BCUT2D eigenvalue weighted by atomic mass is 9.84. The van der Waals surface area contributed by atoms with Crippen LogP contribution in [0.3, 0.4) is 0 Å². The summed E-state index contributed by atoms with van der Waals surface area (Å²) in [5.41, 5.74) is 2.23. The third-order valence-corrected chi connectivity index (χ3v) is 5.54. The molecule has 2 N–H and O–H groups in total. The number of carbonyl (C=O) groups excluding carboxylic acids is 1. The molecule has 0 aliphatic heterocycles. The van der Waals surface area contributed by atoms with Crippen LogP contribution in [0.25, 0.3) is 5.65 Å². The van der Waals surface area contributed by atoms with Gasteiger partial charge in [0.25, 0.3) is 0 Å². The number of nitrogens with one attached hydrogen (secondary N) is 1. The number of hydrogen-bond donors (Lipinski definition) is 2. The average molecular weight is 486 g/mol. The summed E-state index contributed by atoms with van der Waals surface area (Å²) >= 11 is 0. The molecule has 3 aromatic rings. The van der Waals surface area contributed by atoms with E-state index in [0.717, 1.165) is 11.1 Å². The van der Waals surface area contributed by atoms with Crippen molar-refractivity contribution in [2.24, 2.45) is 0 Å². The first-order chi connectivity index (χ1) is 16.6. The van der Waals surface area contributed by atoms with Crippen LogP contribution < -0.4 is 19.8 Å². The molecular formula is C25H35N5O5. The monoisotopic (exact) mass is 485 g/mol. The Morgan fingerprint density at radius 3 is 2.51 bits per heavy atom. The van der Waals surface area contributed by atoms with Gasteiger partial charge in [0, 0.05) is 29.4 Å². The highest BCUT2D eigenvalue weighted by Crippen LogP contribution is 2.40. The maximum Gasteiger partial charge on any atom is 0.242 e. The van der Waals surface area contributed by atoms with Gasteiger partial charge >= 0.3 is 0 Å². The Morgan fingerprint density at radius 1 is 1.14 bits per heavy atom. The van der Waals surface area contributed by atoms with Crippen molar-refractivity contribution in [3.8, 4) is 17.4 Å². The van der Waals surface area contributed by atoms with E-state index < -0.39 is 0 Å². The Kier molecular flexibility index (Phi) is 8.16. The molecule has 1 aromatic carbocycles. The summed E-state index contributed by atoms with van der Waals surface area (Å²) in [4.78, 5) is 13.4. The van der Waals surface area contributed by atoms with Crippen LogP contribution in [0.5, 0.6) is 17.4 Å². The van der Waals surface area contributed by atoms with Gasteiger partial charge in [-0.15, -0.1) is 10.2 Å². The van der Waals surface area contributed by atoms with E-state index in [4.69, 9.17) is 24.7 Å². The largest absolute Gasteiger partial charge is 0.493 e. The van der Waals surface area contributed by atoms with Crippen molar-refractivity contribution < 1.29 is 24.1 Å². The van der Waals surface area contributed by atoms with Gasteiger partial charge in [-0.1, -0.05) is 20.8 Å². The fraction of sp³-hybridized carbons (Fsp3) is 0.520. The number of rotatable bonds is 11. The number of aliphatic hydroxyl groups is 1. The van der Waals surface area contributed by atoms with Gasteiger partial charge in [0.2, 0.25) is 11.5 Å². The van der Waals surface area contributed by atoms with Crippen molar-refractivity contribution in [3.05, 3.63) is 40.5 Å². The van der Waals surface area contributed by atoms with Crippen LogP contribution in [0, 0.1) is 12.3 Å². The van der Waals surface area contributed by atoms with Gasteiger partial charge in [0.05, 0.1) is 20.3 Å². The molecular weight excluding hydrogens is 450 g/mol. The summed E-state index contributed by atoms with van der Waals surface area (Å²) in [5.74, 6) is 1.24. The van der Waals surface area contributed by atoms with Crippen LogP contribution >= 0.6 is 0 Å². The zero-order valence-corrected chi connectivity index (χ0v) is 21.3. The molecule has 0 spiro atoms. The third-order valence-electron chi connectivity index (χ3n) is 5.54. The van der Waals surface area contributed by atoms with Gasteiger partial charge < -0.3 is 19.3 Å². The minimum Gasteiger partial charge on any atom is -0.493 e. The minimum absolute atomic E-state index is 0.0250. The molecule has 35 heavy (non-hydrogen) atoms. The van der Waals surface area contributed by atoms with E-state index in [9.17, 15) is 4.79 Å². The topological polar surface area (TPSA) is 124 Å². The number of carbonyl (C=O) groups is 1. The number of fused-ring (bicyclic) bond motifs is 1. The molecule has 0 bridgehead atoms. The lowest BCUT2D eigenvalue weighted by Gasteiger charge is -2.25. The second-order valence-corrected chi connectivity index (χ2v) is 9.32. The van der Waals surface area contributed by atoms with Crippen LogP contribution in [0.15, 0.2) is 18.2 Å². The van der Waals surface area contributed by atoms with Crippen LogP contribution in [0.1, 0.15) is 62.0 Å². The van der Waals surface area contributed by atoms with Gasteiger partial charge in [-0.3, -0.25) is 10.2 Å². The number of nitrogens with zero attached hydrogens (tertiary/aromatic N) is 4. The molecule has 0 atom stereocenters. The number of methoxy groups -OCH3 is 1. The van der Waals surface area contributed by atoms with E-state index in [1.165, 1.54) is 9.20 Å². The van der Waals surface area contributed by atoms with Crippen molar-refractivity contribution in [1.82, 2.24) is 19.4 Å². The summed E-state index contributed by atoms with van der Waals surface area (Å²) in [5, 5.41) is 26.3. The molecule has 3 rings (SSSR count). The predicted octanol–water partition coefficient (Wildman–Crippen LogP) is 3.06. The molecule has 2 aromatic heterocycles. The average Bonchev–Trinajstić information content (AvgIpc) is 3.11. The molecule has 0 fully saturated rings. The lowest BCUT2D eigenvalue weighted by Crippen LogP contribution is -2.26. The standard InChI is InChI=1S/C25H35N5O5/c1-7-34-21-12-16(2)23-28-29(24(26)30(23)27-21)15-19(32)17-13-18(25(3,4)5)22(33-6)20(14-17)35-11-9-8-10-31/h12-14,26,31H,7-11,15H2,1-6H3. The molecule has 2 heterocycles. The first kappa shape index (κ1) is 26.2. The van der Waals surface area contributed by atoms with Crippen LogP contribution in [0.2, 0.25) is 0 Å². The molecule has 0 saturated carbocycles. The normalized spacial score (nSPS) is 11.6. The summed E-state index contributed by atoms with van der Waals surface area (Å²) in [6.45, 7) is 10.6. The fourth-order valence-corrected chi connectivity index (χ4v) is 3.72. The van der Waals surface area contributed by atoms with E-state index in [1.807, 2.05) is 40.7 Å². The molecule has 0 aliphatic rings. The van der Waals surface area contributed by atoms with Gasteiger partial charge in [-0.25, -0.2) is 4.68 Å². The van der Waals surface area contributed by atoms with Gasteiger partial charge in [-0.2, -0.15) is 4.52 Å². The number of benzene rings is 1. The van der Waals surface area contributed by atoms with Crippen molar-refractivity contribution >= 4 is 11.4 Å². The zero-order valence-electron chi connectivity index (χ0n) is 21.3. The molecule has 10 heteroatoms. The number of aromatic nitrogens is 4. The molecule has 0 aliphatic carbocycles. The van der Waals surface area contributed by atoms with Crippen molar-refractivity contribution in [1.29, 1.82) is 5.41 Å². The van der Waals surface area contributed by atoms with Crippen molar-refractivity contribution in [2.45, 2.75) is 59.4 Å². The molecule has 0 unspecified atom stereocenters. The highest BCUT2D eigenvalue weighted by Gasteiger charge is 2.25. The highest BCUT2D eigenvalue weighted by atomic mass is 16.5. The number of Topliss-reactive ketones (excluding diaryl/α,β-unsaturated/α-hetero) is 1. The smallest absolute Gasteiger partial charge is 0.242 e. The fourth-order valence-electron chi connectivity index (χ4n) is 3.72. The number of hydrogen-bond acceptors (Lipinski definition) is 8.